The maximum absolute atomic E-state index is 13.8. The molecule has 11 heteroatoms. The summed E-state index contributed by atoms with van der Waals surface area (Å²) in [7, 11) is 0. The Labute approximate surface area is 170 Å². The standard InChI is InChI=1S/C16H22ClFN2O2.C2HF3O2/c1-16(2,10-22-14-6-4-3-5-11(14)17)15(21)20-13-7-8-19-9-12(13)18;3-2(4,5)1(6)7/h3-6,12-13,19H,7-10H2,1-2H3,(H,20,21);(H,6,7)/t12-,13-;/m0./s1. The number of carboxylic acid groups (broad SMARTS) is 1. The lowest BCUT2D eigenvalue weighted by Crippen LogP contribution is -2.54. The third-order valence-electron chi connectivity index (χ3n) is 4.01. The van der Waals surface area contributed by atoms with Gasteiger partial charge in [0.15, 0.2) is 0 Å². The van der Waals surface area contributed by atoms with Crippen LogP contribution in [-0.2, 0) is 9.59 Å². The molecule has 0 bridgehead atoms. The van der Waals surface area contributed by atoms with Crippen molar-refractivity contribution in [1.29, 1.82) is 0 Å². The zero-order valence-corrected chi connectivity index (χ0v) is 16.6. The zero-order valence-electron chi connectivity index (χ0n) is 15.9. The van der Waals surface area contributed by atoms with Crippen molar-refractivity contribution in [2.24, 2.45) is 5.41 Å². The van der Waals surface area contributed by atoms with Crippen molar-refractivity contribution in [3.8, 4) is 5.75 Å². The molecule has 2 rings (SSSR count). The lowest BCUT2D eigenvalue weighted by atomic mass is 9.92. The molecule has 1 aliphatic rings. The second-order valence-corrected chi connectivity index (χ2v) is 7.40. The van der Waals surface area contributed by atoms with Gasteiger partial charge in [-0.2, -0.15) is 13.2 Å². The van der Waals surface area contributed by atoms with Gasteiger partial charge in [-0.15, -0.1) is 0 Å². The average Bonchev–Trinajstić information content (AvgIpc) is 2.62. The fourth-order valence-electron chi connectivity index (χ4n) is 2.23. The number of carboxylic acids is 1. The predicted molar refractivity (Wildman–Crippen MR) is 98.7 cm³/mol. The maximum atomic E-state index is 13.8. The SMILES string of the molecule is CC(C)(COc1ccccc1Cl)C(=O)N[C@H]1CCNC[C@@H]1F.O=C(O)C(F)(F)F. The van der Waals surface area contributed by atoms with Crippen molar-refractivity contribution in [2.45, 2.75) is 38.7 Å². The summed E-state index contributed by atoms with van der Waals surface area (Å²) in [6, 6.07) is 6.67. The molecular weight excluding hydrogens is 420 g/mol. The van der Waals surface area contributed by atoms with Gasteiger partial charge in [0, 0.05) is 6.54 Å². The number of carbonyl (C=O) groups is 2. The number of carbonyl (C=O) groups excluding carboxylic acids is 1. The third kappa shape index (κ3) is 8.45. The van der Waals surface area contributed by atoms with Gasteiger partial charge < -0.3 is 20.5 Å². The highest BCUT2D eigenvalue weighted by Gasteiger charge is 2.38. The lowest BCUT2D eigenvalue weighted by molar-refractivity contribution is -0.192. The molecule has 0 spiro atoms. The molecule has 1 aliphatic heterocycles. The summed E-state index contributed by atoms with van der Waals surface area (Å²) in [6.45, 7) is 4.70. The van der Waals surface area contributed by atoms with E-state index in [1.165, 1.54) is 0 Å². The number of benzene rings is 1. The molecule has 1 aromatic rings. The highest BCUT2D eigenvalue weighted by Crippen LogP contribution is 2.26. The van der Waals surface area contributed by atoms with Crippen LogP contribution >= 0.6 is 11.6 Å². The van der Waals surface area contributed by atoms with Gasteiger partial charge in [-0.25, -0.2) is 9.18 Å². The lowest BCUT2D eigenvalue weighted by Gasteiger charge is -2.31. The van der Waals surface area contributed by atoms with Crippen LogP contribution in [-0.4, -0.2) is 55.1 Å². The minimum absolute atomic E-state index is 0.171. The van der Waals surface area contributed by atoms with Crippen LogP contribution in [0, 0.1) is 5.41 Å². The summed E-state index contributed by atoms with van der Waals surface area (Å²) in [6.07, 6.45) is -5.55. The molecule has 0 aromatic heterocycles. The third-order valence-corrected chi connectivity index (χ3v) is 4.32. The Bertz CT molecular complexity index is 701. The molecule has 0 radical (unpaired) electrons. The maximum Gasteiger partial charge on any atom is 0.490 e. The first-order valence-corrected chi connectivity index (χ1v) is 9.05. The number of hydrogen-bond donors (Lipinski definition) is 3. The number of amides is 1. The summed E-state index contributed by atoms with van der Waals surface area (Å²) in [5, 5.41) is 13.4. The van der Waals surface area contributed by atoms with Gasteiger partial charge in [-0.3, -0.25) is 4.79 Å². The fraction of sp³-hybridized carbons (Fsp3) is 0.556. The van der Waals surface area contributed by atoms with Crippen LogP contribution < -0.4 is 15.4 Å². The van der Waals surface area contributed by atoms with Gasteiger partial charge in [-0.1, -0.05) is 23.7 Å². The molecular formula is C18H23ClF4N2O4. The molecule has 0 unspecified atom stereocenters. The second kappa shape index (κ2) is 10.6. The Morgan fingerprint density at radius 3 is 2.41 bits per heavy atom. The molecule has 0 aliphatic carbocycles. The smallest absolute Gasteiger partial charge is 0.490 e. The van der Waals surface area contributed by atoms with Crippen LogP contribution in [0.4, 0.5) is 17.6 Å². The second-order valence-electron chi connectivity index (χ2n) is 6.99. The van der Waals surface area contributed by atoms with Crippen LogP contribution in [0.5, 0.6) is 5.75 Å². The quantitative estimate of drug-likeness (QED) is 0.610. The number of ether oxygens (including phenoxy) is 1. The number of hydrogen-bond acceptors (Lipinski definition) is 4. The van der Waals surface area contributed by atoms with Crippen molar-refractivity contribution in [1.82, 2.24) is 10.6 Å². The highest BCUT2D eigenvalue weighted by atomic mass is 35.5. The summed E-state index contributed by atoms with van der Waals surface area (Å²) < 4.78 is 51.2. The van der Waals surface area contributed by atoms with Gasteiger partial charge >= 0.3 is 12.1 Å². The summed E-state index contributed by atoms with van der Waals surface area (Å²) in [4.78, 5) is 21.3. The fourth-order valence-corrected chi connectivity index (χ4v) is 2.42. The average molecular weight is 443 g/mol. The van der Waals surface area contributed by atoms with Crippen LogP contribution in [0.25, 0.3) is 0 Å². The molecule has 3 N–H and O–H groups in total. The van der Waals surface area contributed by atoms with Gasteiger partial charge in [0.25, 0.3) is 0 Å². The summed E-state index contributed by atoms with van der Waals surface area (Å²) in [5.41, 5.74) is -0.774. The number of halogens is 5. The van der Waals surface area contributed by atoms with Crippen molar-refractivity contribution in [3.05, 3.63) is 29.3 Å². The molecule has 2 atom stereocenters. The largest absolute Gasteiger partial charge is 0.491 e. The van der Waals surface area contributed by atoms with E-state index in [-0.39, 0.29) is 19.1 Å². The number of aliphatic carboxylic acids is 1. The van der Waals surface area contributed by atoms with E-state index in [4.69, 9.17) is 26.2 Å². The molecule has 1 saturated heterocycles. The highest BCUT2D eigenvalue weighted by molar-refractivity contribution is 6.32. The van der Waals surface area contributed by atoms with E-state index in [1.807, 2.05) is 12.1 Å². The Hall–Kier alpha value is -2.07. The van der Waals surface area contributed by atoms with Gasteiger partial charge in [-0.05, 0) is 38.9 Å². The van der Waals surface area contributed by atoms with Crippen LogP contribution in [0.2, 0.25) is 5.02 Å². The molecule has 1 heterocycles. The van der Waals surface area contributed by atoms with Crippen molar-refractivity contribution in [3.63, 3.8) is 0 Å². The first-order chi connectivity index (χ1) is 13.3. The molecule has 164 valence electrons. The topological polar surface area (TPSA) is 87.7 Å². The summed E-state index contributed by atoms with van der Waals surface area (Å²) >= 11 is 6.03. The van der Waals surface area contributed by atoms with Crippen LogP contribution in [0.15, 0.2) is 24.3 Å². The first kappa shape index (κ1) is 25.0. The molecule has 6 nitrogen and oxygen atoms in total. The molecule has 29 heavy (non-hydrogen) atoms. The predicted octanol–water partition coefficient (Wildman–Crippen LogP) is 3.19. The molecule has 1 amide bonds. The number of rotatable bonds is 5. The van der Waals surface area contributed by atoms with E-state index in [1.54, 1.807) is 26.0 Å². The molecule has 1 fully saturated rings. The van der Waals surface area contributed by atoms with Crippen LogP contribution in [0.1, 0.15) is 20.3 Å². The van der Waals surface area contributed by atoms with Gasteiger partial charge in [0.1, 0.15) is 18.5 Å². The first-order valence-electron chi connectivity index (χ1n) is 8.68. The Morgan fingerprint density at radius 2 is 1.90 bits per heavy atom. The van der Waals surface area contributed by atoms with E-state index < -0.39 is 29.8 Å². The Morgan fingerprint density at radius 1 is 1.31 bits per heavy atom. The summed E-state index contributed by atoms with van der Waals surface area (Å²) in [5.74, 6) is -2.43. The van der Waals surface area contributed by atoms with E-state index >= 15 is 0 Å². The normalized spacial score (nSPS) is 19.6. The zero-order chi connectivity index (χ0) is 22.2. The molecule has 0 saturated carbocycles. The Balaban J connectivity index is 0.000000516. The minimum atomic E-state index is -5.08. The van der Waals surface area contributed by atoms with E-state index in [9.17, 15) is 22.4 Å². The number of nitrogens with one attached hydrogen (secondary N) is 2. The van der Waals surface area contributed by atoms with Gasteiger partial charge in [0.2, 0.25) is 5.91 Å². The monoisotopic (exact) mass is 442 g/mol. The van der Waals surface area contributed by atoms with E-state index in [0.717, 1.165) is 0 Å². The molecule has 1 aromatic carbocycles. The van der Waals surface area contributed by atoms with E-state index in [0.29, 0.717) is 23.7 Å². The van der Waals surface area contributed by atoms with E-state index in [2.05, 4.69) is 10.6 Å². The van der Waals surface area contributed by atoms with Crippen molar-refractivity contribution < 1.29 is 37.0 Å². The number of para-hydroxylation sites is 1. The Kier molecular flexibility index (Phi) is 9.15. The van der Waals surface area contributed by atoms with Crippen molar-refractivity contribution >= 4 is 23.5 Å². The van der Waals surface area contributed by atoms with Crippen LogP contribution in [0.3, 0.4) is 0 Å². The van der Waals surface area contributed by atoms with Crippen molar-refractivity contribution in [2.75, 3.05) is 19.7 Å². The number of piperidine rings is 1. The number of alkyl halides is 4. The minimum Gasteiger partial charge on any atom is -0.491 e. The van der Waals surface area contributed by atoms with Gasteiger partial charge in [0.05, 0.1) is 16.5 Å².